The highest BCUT2D eigenvalue weighted by Gasteiger charge is 2.44. The molecule has 0 aliphatic carbocycles. The smallest absolute Gasteiger partial charge is 0.428 e. The molecule has 178 valence electrons. The fourth-order valence-corrected chi connectivity index (χ4v) is 3.55. The number of hydrogen-bond donors (Lipinski definition) is 1. The van der Waals surface area contributed by atoms with Gasteiger partial charge in [0.25, 0.3) is 0 Å². The minimum atomic E-state index is -4.87. The van der Waals surface area contributed by atoms with Crippen LogP contribution in [0.5, 0.6) is 5.75 Å². The summed E-state index contributed by atoms with van der Waals surface area (Å²) in [5.41, 5.74) is 0.577. The summed E-state index contributed by atoms with van der Waals surface area (Å²) in [5, 5.41) is 9.85. The van der Waals surface area contributed by atoms with Crippen LogP contribution in [0.3, 0.4) is 0 Å². The molecule has 2 aromatic carbocycles. The Kier molecular flexibility index (Phi) is 8.69. The monoisotopic (exact) mass is 485 g/mol. The quantitative estimate of drug-likeness (QED) is 0.314. The zero-order chi connectivity index (χ0) is 24.1. The van der Waals surface area contributed by atoms with E-state index in [0.29, 0.717) is 5.69 Å². The normalized spacial score (nSPS) is 13.5. The average molecular weight is 485 g/mol. The summed E-state index contributed by atoms with van der Waals surface area (Å²) in [6, 6.07) is 11.3. The van der Waals surface area contributed by atoms with Crippen LogP contribution in [-0.2, 0) is 6.54 Å². The van der Waals surface area contributed by atoms with Gasteiger partial charge >= 0.3 is 18.7 Å². The lowest BCUT2D eigenvalue weighted by atomic mass is 10.1. The molecule has 3 nitrogen and oxygen atoms in total. The lowest BCUT2D eigenvalue weighted by Crippen LogP contribution is -2.40. The number of nitrogens with zero attached hydrogens (tertiary/aromatic N) is 1. The van der Waals surface area contributed by atoms with Gasteiger partial charge in [-0.25, -0.2) is 0 Å². The summed E-state index contributed by atoms with van der Waals surface area (Å²) in [6.07, 6.45) is -16.3. The van der Waals surface area contributed by atoms with E-state index < -0.39 is 37.1 Å². The number of rotatable bonds is 10. The van der Waals surface area contributed by atoms with Gasteiger partial charge in [-0.1, -0.05) is 26.0 Å². The van der Waals surface area contributed by atoms with Crippen molar-refractivity contribution >= 4 is 17.4 Å². The van der Waals surface area contributed by atoms with Crippen LogP contribution in [0.2, 0.25) is 0 Å². The van der Waals surface area contributed by atoms with E-state index in [1.54, 1.807) is 36.0 Å². The van der Waals surface area contributed by atoms with Crippen LogP contribution in [0, 0.1) is 0 Å². The van der Waals surface area contributed by atoms with Crippen molar-refractivity contribution in [2.75, 3.05) is 11.4 Å². The largest absolute Gasteiger partial charge is 0.461 e. The topological polar surface area (TPSA) is 32.7 Å². The van der Waals surface area contributed by atoms with E-state index in [2.05, 4.69) is 4.74 Å². The Bertz CT molecular complexity index is 860. The Morgan fingerprint density at radius 3 is 2.16 bits per heavy atom. The number of ether oxygens (including phenoxy) is 1. The molecule has 0 amide bonds. The first-order chi connectivity index (χ1) is 14.8. The number of halogens is 7. The number of aliphatic hydroxyl groups excluding tert-OH is 1. The molecule has 2 rings (SSSR count). The van der Waals surface area contributed by atoms with E-state index in [0.717, 1.165) is 17.0 Å². The number of thioether (sulfide) groups is 1. The molecular formula is C21H22F7NO2S. The van der Waals surface area contributed by atoms with Gasteiger partial charge in [-0.15, -0.1) is 11.8 Å². The molecule has 0 saturated carbocycles. The van der Waals surface area contributed by atoms with Crippen LogP contribution >= 0.6 is 11.8 Å². The third-order valence-electron chi connectivity index (χ3n) is 4.12. The number of benzene rings is 2. The minimum absolute atomic E-state index is 0.221. The third-order valence-corrected chi connectivity index (χ3v) is 5.14. The van der Waals surface area contributed by atoms with E-state index in [4.69, 9.17) is 0 Å². The van der Waals surface area contributed by atoms with Crippen LogP contribution in [0.25, 0.3) is 0 Å². The average Bonchev–Trinajstić information content (AvgIpc) is 2.66. The van der Waals surface area contributed by atoms with E-state index >= 15 is 0 Å². The number of hydrogen-bond acceptors (Lipinski definition) is 4. The maximum Gasteiger partial charge on any atom is 0.461 e. The minimum Gasteiger partial charge on any atom is -0.428 e. The number of anilines is 1. The first-order valence-corrected chi connectivity index (χ1v) is 10.4. The number of aliphatic hydroxyl groups is 1. The van der Waals surface area contributed by atoms with Gasteiger partial charge in [-0.3, -0.25) is 0 Å². The molecule has 1 unspecified atom stereocenters. The predicted molar refractivity (Wildman–Crippen MR) is 109 cm³/mol. The molecule has 1 atom stereocenters. The first-order valence-electron chi connectivity index (χ1n) is 9.48. The van der Waals surface area contributed by atoms with Crippen molar-refractivity contribution in [2.24, 2.45) is 0 Å². The molecule has 0 fully saturated rings. The fraction of sp³-hybridized carbons (Fsp3) is 0.429. The molecule has 0 aliphatic heterocycles. The van der Waals surface area contributed by atoms with Gasteiger partial charge in [0.15, 0.2) is 6.10 Å². The molecule has 2 aromatic rings. The van der Waals surface area contributed by atoms with Crippen molar-refractivity contribution in [1.29, 1.82) is 0 Å². The second-order valence-corrected chi connectivity index (χ2v) is 8.86. The SMILES string of the molecule is CC(C)Sc1ccc(N(Cc2cccc(OC(F)(F)C(F)F)c2)CC(O)C(F)(F)F)cc1. The summed E-state index contributed by atoms with van der Waals surface area (Å²) in [6.45, 7) is 2.92. The summed E-state index contributed by atoms with van der Waals surface area (Å²) >= 11 is 1.55. The highest BCUT2D eigenvalue weighted by molar-refractivity contribution is 7.99. The second-order valence-electron chi connectivity index (χ2n) is 7.21. The molecule has 0 spiro atoms. The van der Waals surface area contributed by atoms with Gasteiger partial charge in [0.2, 0.25) is 0 Å². The highest BCUT2D eigenvalue weighted by Crippen LogP contribution is 2.30. The van der Waals surface area contributed by atoms with Gasteiger partial charge in [0.05, 0.1) is 6.54 Å². The molecular weight excluding hydrogens is 463 g/mol. The first kappa shape index (κ1) is 26.1. The molecule has 0 aliphatic rings. The Labute approximate surface area is 185 Å². The zero-order valence-corrected chi connectivity index (χ0v) is 17.9. The van der Waals surface area contributed by atoms with Crippen LogP contribution in [0.15, 0.2) is 53.4 Å². The Hall–Kier alpha value is -2.14. The maximum atomic E-state index is 13.2. The molecule has 1 N–H and O–H groups in total. The Morgan fingerprint density at radius 1 is 1.00 bits per heavy atom. The second kappa shape index (κ2) is 10.7. The zero-order valence-electron chi connectivity index (χ0n) is 17.1. The van der Waals surface area contributed by atoms with Crippen molar-refractivity contribution < 1.29 is 40.6 Å². The molecule has 0 heterocycles. The highest BCUT2D eigenvalue weighted by atomic mass is 32.2. The van der Waals surface area contributed by atoms with Gasteiger partial charge in [0, 0.05) is 22.4 Å². The Morgan fingerprint density at radius 2 is 1.62 bits per heavy atom. The van der Waals surface area contributed by atoms with Crippen LogP contribution < -0.4 is 9.64 Å². The van der Waals surface area contributed by atoms with E-state index in [1.807, 2.05) is 13.8 Å². The molecule has 0 saturated heterocycles. The summed E-state index contributed by atoms with van der Waals surface area (Å²) in [4.78, 5) is 2.11. The molecule has 0 radical (unpaired) electrons. The third kappa shape index (κ3) is 7.77. The summed E-state index contributed by atoms with van der Waals surface area (Å²) in [5.74, 6) is -0.562. The lowest BCUT2D eigenvalue weighted by Gasteiger charge is -2.29. The van der Waals surface area contributed by atoms with E-state index in [1.165, 1.54) is 17.0 Å². The Balaban J connectivity index is 2.28. The van der Waals surface area contributed by atoms with Crippen molar-refractivity contribution in [3.8, 4) is 5.75 Å². The standard InChI is InChI=1S/C21H22F7NO2S/c1-13(2)32-17-8-6-15(7-9-17)29(12-18(30)20(24,25)26)11-14-4-3-5-16(10-14)31-21(27,28)19(22)23/h3-10,13,18-19,30H,11-12H2,1-2H3. The van der Waals surface area contributed by atoms with Crippen LogP contribution in [0.4, 0.5) is 36.4 Å². The van der Waals surface area contributed by atoms with Crippen LogP contribution in [0.1, 0.15) is 19.4 Å². The van der Waals surface area contributed by atoms with E-state index in [9.17, 15) is 35.8 Å². The molecule has 11 heteroatoms. The molecule has 0 aromatic heterocycles. The van der Waals surface area contributed by atoms with Gasteiger partial charge < -0.3 is 14.7 Å². The van der Waals surface area contributed by atoms with Gasteiger partial charge in [-0.2, -0.15) is 30.7 Å². The van der Waals surface area contributed by atoms with Crippen molar-refractivity contribution in [2.45, 2.75) is 55.4 Å². The molecule has 0 bridgehead atoms. The van der Waals surface area contributed by atoms with Crippen molar-refractivity contribution in [1.82, 2.24) is 0 Å². The van der Waals surface area contributed by atoms with Crippen LogP contribution in [-0.4, -0.2) is 41.7 Å². The van der Waals surface area contributed by atoms with Crippen molar-refractivity contribution in [3.63, 3.8) is 0 Å². The summed E-state index contributed by atoms with van der Waals surface area (Å²) in [7, 11) is 0. The van der Waals surface area contributed by atoms with Crippen molar-refractivity contribution in [3.05, 3.63) is 54.1 Å². The van der Waals surface area contributed by atoms with E-state index in [-0.39, 0.29) is 17.4 Å². The molecule has 32 heavy (non-hydrogen) atoms. The maximum absolute atomic E-state index is 13.2. The van der Waals surface area contributed by atoms with Gasteiger partial charge in [0.1, 0.15) is 5.75 Å². The predicted octanol–water partition coefficient (Wildman–Crippen LogP) is 6.35. The summed E-state index contributed by atoms with van der Waals surface area (Å²) < 4.78 is 94.0. The van der Waals surface area contributed by atoms with Gasteiger partial charge in [-0.05, 0) is 42.0 Å². The fourth-order valence-electron chi connectivity index (χ4n) is 2.71. The number of alkyl halides is 7. The lowest BCUT2D eigenvalue weighted by molar-refractivity contribution is -0.253.